The van der Waals surface area contributed by atoms with Gasteiger partial charge in [0.25, 0.3) is 16.9 Å². The zero-order chi connectivity index (χ0) is 17.4. The topological polar surface area (TPSA) is 98.1 Å². The van der Waals surface area contributed by atoms with Crippen molar-refractivity contribution >= 4 is 29.0 Å². The number of aliphatic hydroxyl groups is 2. The highest BCUT2D eigenvalue weighted by Crippen LogP contribution is 2.36. The Hall–Kier alpha value is -2.04. The zero-order valence-corrected chi connectivity index (χ0v) is 12.1. The van der Waals surface area contributed by atoms with E-state index in [0.29, 0.717) is 17.3 Å². The fourth-order valence-corrected chi connectivity index (χ4v) is 2.51. The van der Waals surface area contributed by atoms with Crippen molar-refractivity contribution in [2.24, 2.45) is 0 Å². The molecule has 0 aliphatic carbocycles. The summed E-state index contributed by atoms with van der Waals surface area (Å²) in [6, 6.07) is 5.52. The van der Waals surface area contributed by atoms with Crippen LogP contribution in [0.1, 0.15) is 5.56 Å². The molecular weight excluding hydrogens is 339 g/mol. The Balaban J connectivity index is 2.22. The van der Waals surface area contributed by atoms with Gasteiger partial charge in [-0.25, -0.2) is 0 Å². The van der Waals surface area contributed by atoms with E-state index in [2.05, 4.69) is 0 Å². The number of nitrogens with zero attached hydrogens (tertiary/aromatic N) is 1. The number of carbonyl (C=O) groups excluding carboxylic acids is 2. The lowest BCUT2D eigenvalue weighted by Crippen LogP contribution is -2.54. The third kappa shape index (κ3) is 3.66. The van der Waals surface area contributed by atoms with E-state index in [4.69, 9.17) is 15.3 Å². The molecule has 1 saturated heterocycles. The number of β-amino-alcohol motifs (C(OH)–C–C–N with tert-alkyl or cyclic N) is 2. The summed E-state index contributed by atoms with van der Waals surface area (Å²) in [7, 11) is 0. The fourth-order valence-electron chi connectivity index (χ4n) is 1.67. The molecule has 0 atom stereocenters. The van der Waals surface area contributed by atoms with Gasteiger partial charge in [0.05, 0.1) is 11.4 Å². The molecule has 1 aliphatic heterocycles. The Morgan fingerprint density at radius 1 is 1.13 bits per heavy atom. The molecule has 6 nitrogen and oxygen atoms in total. The SMILES string of the molecule is O=C1S/C(=C\c2ccc(O)cc2)C(=O)N1CC(O)(O)C(F)(F)F. The van der Waals surface area contributed by atoms with Gasteiger partial charge >= 0.3 is 6.18 Å². The van der Waals surface area contributed by atoms with Crippen molar-refractivity contribution in [3.8, 4) is 5.75 Å². The second-order valence-electron chi connectivity index (χ2n) is 4.67. The van der Waals surface area contributed by atoms with Gasteiger partial charge in [-0.2, -0.15) is 13.2 Å². The van der Waals surface area contributed by atoms with Gasteiger partial charge in [0, 0.05) is 0 Å². The molecule has 0 radical (unpaired) electrons. The number of halogens is 3. The monoisotopic (exact) mass is 349 g/mol. The van der Waals surface area contributed by atoms with E-state index in [1.807, 2.05) is 0 Å². The molecule has 1 heterocycles. The minimum atomic E-state index is -5.42. The summed E-state index contributed by atoms with van der Waals surface area (Å²) in [5.74, 6) is -5.28. The molecule has 2 amide bonds. The van der Waals surface area contributed by atoms with Crippen molar-refractivity contribution in [1.82, 2.24) is 4.90 Å². The molecule has 0 bridgehead atoms. The third-order valence-corrected chi connectivity index (χ3v) is 3.80. The van der Waals surface area contributed by atoms with E-state index in [0.717, 1.165) is 0 Å². The van der Waals surface area contributed by atoms with Crippen LogP contribution in [-0.2, 0) is 4.79 Å². The first-order valence-corrected chi connectivity index (χ1v) is 6.89. The number of hydrogen-bond donors (Lipinski definition) is 3. The standard InChI is InChI=1S/C13H10F3NO5S/c14-13(15,16)12(21,22)6-17-10(19)9(23-11(17)20)5-7-1-3-8(18)4-2-7/h1-5,18,21-22H,6H2/b9-5-. The third-order valence-electron chi connectivity index (χ3n) is 2.90. The Kier molecular flexibility index (Phi) is 4.42. The second-order valence-corrected chi connectivity index (χ2v) is 5.67. The van der Waals surface area contributed by atoms with Crippen LogP contribution in [0.5, 0.6) is 5.75 Å². The molecule has 1 fully saturated rings. The summed E-state index contributed by atoms with van der Waals surface area (Å²) in [5, 5.41) is 26.1. The molecule has 0 spiro atoms. The van der Waals surface area contributed by atoms with E-state index in [9.17, 15) is 22.8 Å². The second kappa shape index (κ2) is 5.87. The van der Waals surface area contributed by atoms with Gasteiger partial charge in [-0.15, -0.1) is 0 Å². The van der Waals surface area contributed by atoms with Gasteiger partial charge < -0.3 is 15.3 Å². The predicted octanol–water partition coefficient (Wildman–Crippen LogP) is 1.67. The summed E-state index contributed by atoms with van der Waals surface area (Å²) in [6.45, 7) is -1.62. The maximum Gasteiger partial charge on any atom is 0.444 e. The van der Waals surface area contributed by atoms with Gasteiger partial charge in [0.1, 0.15) is 5.75 Å². The smallest absolute Gasteiger partial charge is 0.444 e. The molecule has 10 heteroatoms. The number of thioether (sulfide) groups is 1. The Morgan fingerprint density at radius 2 is 1.70 bits per heavy atom. The number of amides is 2. The number of carbonyl (C=O) groups is 2. The number of imide groups is 1. The first kappa shape index (κ1) is 17.3. The maximum absolute atomic E-state index is 12.4. The van der Waals surface area contributed by atoms with Crippen LogP contribution in [0, 0.1) is 0 Å². The quantitative estimate of drug-likeness (QED) is 0.567. The van der Waals surface area contributed by atoms with Crippen molar-refractivity contribution < 1.29 is 38.1 Å². The summed E-state index contributed by atoms with van der Waals surface area (Å²) in [6.07, 6.45) is -4.17. The van der Waals surface area contributed by atoms with Crippen LogP contribution in [0.15, 0.2) is 29.2 Å². The lowest BCUT2D eigenvalue weighted by atomic mass is 10.2. The average molecular weight is 349 g/mol. The number of alkyl halides is 3. The van der Waals surface area contributed by atoms with Crippen molar-refractivity contribution in [2.45, 2.75) is 12.0 Å². The minimum absolute atomic E-state index is 0.0224. The largest absolute Gasteiger partial charge is 0.508 e. The van der Waals surface area contributed by atoms with Crippen molar-refractivity contribution in [3.05, 3.63) is 34.7 Å². The highest BCUT2D eigenvalue weighted by molar-refractivity contribution is 8.18. The van der Waals surface area contributed by atoms with E-state index in [-0.39, 0.29) is 15.6 Å². The first-order valence-electron chi connectivity index (χ1n) is 6.07. The first-order chi connectivity index (χ1) is 10.5. The van der Waals surface area contributed by atoms with Crippen LogP contribution in [-0.4, -0.2) is 49.9 Å². The number of benzene rings is 1. The summed E-state index contributed by atoms with van der Waals surface area (Å²) >= 11 is 0.379. The molecule has 124 valence electrons. The molecular formula is C13H10F3NO5S. The Morgan fingerprint density at radius 3 is 2.22 bits per heavy atom. The molecule has 1 aromatic carbocycles. The summed E-state index contributed by atoms with van der Waals surface area (Å²) in [4.78, 5) is 23.6. The lowest BCUT2D eigenvalue weighted by Gasteiger charge is -2.27. The summed E-state index contributed by atoms with van der Waals surface area (Å²) < 4.78 is 37.3. The highest BCUT2D eigenvalue weighted by Gasteiger charge is 2.56. The van der Waals surface area contributed by atoms with Crippen molar-refractivity contribution in [2.75, 3.05) is 6.54 Å². The molecule has 23 heavy (non-hydrogen) atoms. The molecule has 3 N–H and O–H groups in total. The van der Waals surface area contributed by atoms with Crippen LogP contribution >= 0.6 is 11.8 Å². The average Bonchev–Trinajstić information content (AvgIpc) is 2.67. The number of hydrogen-bond acceptors (Lipinski definition) is 6. The molecule has 2 rings (SSSR count). The molecule has 1 aromatic rings. The molecule has 0 aromatic heterocycles. The van der Waals surface area contributed by atoms with Crippen LogP contribution in [0.25, 0.3) is 6.08 Å². The van der Waals surface area contributed by atoms with E-state index < -0.39 is 29.7 Å². The van der Waals surface area contributed by atoms with Gasteiger partial charge in [0.15, 0.2) is 0 Å². The predicted molar refractivity (Wildman–Crippen MR) is 74.0 cm³/mol. The molecule has 0 unspecified atom stereocenters. The van der Waals surface area contributed by atoms with Crippen LogP contribution < -0.4 is 0 Å². The number of phenols is 1. The highest BCUT2D eigenvalue weighted by atomic mass is 32.2. The van der Waals surface area contributed by atoms with Crippen LogP contribution in [0.2, 0.25) is 0 Å². The van der Waals surface area contributed by atoms with E-state index in [1.165, 1.54) is 30.3 Å². The van der Waals surface area contributed by atoms with E-state index in [1.54, 1.807) is 0 Å². The normalized spacial score (nSPS) is 18.1. The Labute approximate surface area is 131 Å². The maximum atomic E-state index is 12.4. The van der Waals surface area contributed by atoms with Gasteiger partial charge in [-0.3, -0.25) is 14.5 Å². The van der Waals surface area contributed by atoms with Gasteiger partial charge in [-0.05, 0) is 35.5 Å². The van der Waals surface area contributed by atoms with Gasteiger partial charge in [-0.1, -0.05) is 12.1 Å². The lowest BCUT2D eigenvalue weighted by molar-refractivity contribution is -0.348. The fraction of sp³-hybridized carbons (Fsp3) is 0.231. The molecule has 0 saturated carbocycles. The van der Waals surface area contributed by atoms with Gasteiger partial charge in [0.2, 0.25) is 0 Å². The van der Waals surface area contributed by atoms with Crippen molar-refractivity contribution in [3.63, 3.8) is 0 Å². The number of phenolic OH excluding ortho intramolecular Hbond substituents is 1. The van der Waals surface area contributed by atoms with Crippen molar-refractivity contribution in [1.29, 1.82) is 0 Å². The number of aromatic hydroxyl groups is 1. The summed E-state index contributed by atoms with van der Waals surface area (Å²) in [5.41, 5.74) is 0.434. The van der Waals surface area contributed by atoms with Crippen LogP contribution in [0.4, 0.5) is 18.0 Å². The zero-order valence-electron chi connectivity index (χ0n) is 11.2. The molecule has 1 aliphatic rings. The van der Waals surface area contributed by atoms with E-state index >= 15 is 0 Å². The Bertz CT molecular complexity index is 669. The number of rotatable bonds is 3. The minimum Gasteiger partial charge on any atom is -0.508 e. The van der Waals surface area contributed by atoms with Crippen LogP contribution in [0.3, 0.4) is 0 Å².